The van der Waals surface area contributed by atoms with E-state index in [1.165, 1.54) is 17.8 Å². The molecule has 5 heteroatoms. The number of carbonyl (C=O) groups excluding carboxylic acids is 1. The summed E-state index contributed by atoms with van der Waals surface area (Å²) in [6, 6.07) is 1.83. The van der Waals surface area contributed by atoms with Crippen molar-refractivity contribution in [3.8, 4) is 0 Å². The molecule has 0 bridgehead atoms. The van der Waals surface area contributed by atoms with Gasteiger partial charge >= 0.3 is 0 Å². The number of hydrogen-bond acceptors (Lipinski definition) is 3. The third-order valence-corrected chi connectivity index (χ3v) is 4.42. The van der Waals surface area contributed by atoms with Crippen LogP contribution in [0.2, 0.25) is 0 Å². The lowest BCUT2D eigenvalue weighted by molar-refractivity contribution is 0.0752. The minimum absolute atomic E-state index is 0.0327. The fraction of sp³-hybridized carbons (Fsp3) is 0.545. The highest BCUT2D eigenvalue weighted by Gasteiger charge is 2.13. The maximum Gasteiger partial charge on any atom is 0.190 e. The lowest BCUT2D eigenvalue weighted by Crippen LogP contribution is -2.09. The standard InChI is InChI=1S/C11H14Br2O2S/c1-2-3-4-5-15-7-9(14)8-6-10(12)16-11(8)13/h6H,2-5,7H2,1H3. The molecule has 0 radical (unpaired) electrons. The van der Waals surface area contributed by atoms with E-state index in [0.717, 1.165) is 20.4 Å². The fourth-order valence-corrected chi connectivity index (χ4v) is 4.08. The summed E-state index contributed by atoms with van der Waals surface area (Å²) in [7, 11) is 0. The van der Waals surface area contributed by atoms with Crippen LogP contribution in [0.15, 0.2) is 13.6 Å². The summed E-state index contributed by atoms with van der Waals surface area (Å²) in [6.07, 6.45) is 3.35. The van der Waals surface area contributed by atoms with Crippen LogP contribution in [0, 0.1) is 0 Å². The summed E-state index contributed by atoms with van der Waals surface area (Å²) >= 11 is 8.21. The highest BCUT2D eigenvalue weighted by atomic mass is 79.9. The highest BCUT2D eigenvalue weighted by molar-refractivity contribution is 9.12. The summed E-state index contributed by atoms with van der Waals surface area (Å²) in [5.74, 6) is 0.0327. The van der Waals surface area contributed by atoms with E-state index in [-0.39, 0.29) is 12.4 Å². The van der Waals surface area contributed by atoms with Gasteiger partial charge in [-0.05, 0) is 44.3 Å². The van der Waals surface area contributed by atoms with Gasteiger partial charge in [0, 0.05) is 12.2 Å². The summed E-state index contributed by atoms with van der Waals surface area (Å²) in [4.78, 5) is 11.7. The first-order chi connectivity index (χ1) is 7.65. The lowest BCUT2D eigenvalue weighted by Gasteiger charge is -2.02. The molecule has 0 aliphatic rings. The second kappa shape index (κ2) is 7.58. The Labute approximate surface area is 117 Å². The molecule has 0 N–H and O–H groups in total. The SMILES string of the molecule is CCCCCOCC(=O)c1cc(Br)sc1Br. The number of ketones is 1. The van der Waals surface area contributed by atoms with Crippen LogP contribution in [0.5, 0.6) is 0 Å². The van der Waals surface area contributed by atoms with E-state index in [1.54, 1.807) is 0 Å². The predicted molar refractivity (Wildman–Crippen MR) is 74.4 cm³/mol. The average molecular weight is 370 g/mol. The Kier molecular flexibility index (Phi) is 6.80. The number of halogens is 2. The zero-order valence-electron chi connectivity index (χ0n) is 9.09. The van der Waals surface area contributed by atoms with Crippen LogP contribution >= 0.6 is 43.2 Å². The van der Waals surface area contributed by atoms with Gasteiger partial charge in [0.05, 0.1) is 7.57 Å². The van der Waals surface area contributed by atoms with Crippen molar-refractivity contribution in [1.82, 2.24) is 0 Å². The molecule has 0 spiro atoms. The Morgan fingerprint density at radius 3 is 2.75 bits per heavy atom. The van der Waals surface area contributed by atoms with Crippen molar-refractivity contribution >= 4 is 49.0 Å². The second-order valence-corrected chi connectivity index (χ2v) is 7.17. The molecule has 2 nitrogen and oxygen atoms in total. The monoisotopic (exact) mass is 368 g/mol. The van der Waals surface area contributed by atoms with Crippen LogP contribution in [0.25, 0.3) is 0 Å². The summed E-state index contributed by atoms with van der Waals surface area (Å²) in [6.45, 7) is 2.99. The number of thiophene rings is 1. The zero-order valence-corrected chi connectivity index (χ0v) is 13.1. The van der Waals surface area contributed by atoms with Crippen molar-refractivity contribution < 1.29 is 9.53 Å². The maximum absolute atomic E-state index is 11.7. The van der Waals surface area contributed by atoms with E-state index in [9.17, 15) is 4.79 Å². The molecule has 1 aromatic rings. The largest absolute Gasteiger partial charge is 0.373 e. The molecule has 0 saturated heterocycles. The molecule has 1 rings (SSSR count). The van der Waals surface area contributed by atoms with E-state index in [0.29, 0.717) is 12.2 Å². The second-order valence-electron chi connectivity index (χ2n) is 3.42. The fourth-order valence-electron chi connectivity index (χ4n) is 1.23. The van der Waals surface area contributed by atoms with Gasteiger partial charge in [-0.3, -0.25) is 4.79 Å². The molecule has 0 aliphatic heterocycles. The first-order valence-corrected chi connectivity index (χ1v) is 7.61. The van der Waals surface area contributed by atoms with Gasteiger partial charge in [-0.1, -0.05) is 19.8 Å². The molecular formula is C11H14Br2O2S. The van der Waals surface area contributed by atoms with Crippen molar-refractivity contribution in [3.63, 3.8) is 0 Å². The first-order valence-electron chi connectivity index (χ1n) is 5.21. The van der Waals surface area contributed by atoms with E-state index in [4.69, 9.17) is 4.74 Å². The molecule has 16 heavy (non-hydrogen) atoms. The van der Waals surface area contributed by atoms with Gasteiger partial charge in [0.1, 0.15) is 6.61 Å². The normalized spacial score (nSPS) is 10.7. The van der Waals surface area contributed by atoms with E-state index in [1.807, 2.05) is 6.07 Å². The molecule has 0 unspecified atom stereocenters. The third-order valence-electron chi connectivity index (χ3n) is 2.08. The summed E-state index contributed by atoms with van der Waals surface area (Å²) < 4.78 is 7.15. The van der Waals surface area contributed by atoms with Gasteiger partial charge in [-0.25, -0.2) is 0 Å². The van der Waals surface area contributed by atoms with Crippen LogP contribution in [0.1, 0.15) is 36.5 Å². The molecule has 0 fully saturated rings. The summed E-state index contributed by atoms with van der Waals surface area (Å²) in [5.41, 5.74) is 0.701. The molecule has 1 heterocycles. The smallest absolute Gasteiger partial charge is 0.190 e. The van der Waals surface area contributed by atoms with Gasteiger partial charge in [0.25, 0.3) is 0 Å². The van der Waals surface area contributed by atoms with Crippen LogP contribution in [0.4, 0.5) is 0 Å². The Morgan fingerprint density at radius 1 is 1.44 bits per heavy atom. The van der Waals surface area contributed by atoms with Gasteiger partial charge in [0.15, 0.2) is 5.78 Å². The number of hydrogen-bond donors (Lipinski definition) is 0. The quantitative estimate of drug-likeness (QED) is 0.516. The van der Waals surface area contributed by atoms with Gasteiger partial charge in [-0.2, -0.15) is 0 Å². The van der Waals surface area contributed by atoms with Crippen LogP contribution in [-0.2, 0) is 4.74 Å². The minimum atomic E-state index is 0.0327. The van der Waals surface area contributed by atoms with Crippen molar-refractivity contribution in [2.75, 3.05) is 13.2 Å². The molecular weight excluding hydrogens is 356 g/mol. The van der Waals surface area contributed by atoms with Crippen LogP contribution < -0.4 is 0 Å². The topological polar surface area (TPSA) is 26.3 Å². The van der Waals surface area contributed by atoms with Crippen molar-refractivity contribution in [2.24, 2.45) is 0 Å². The lowest BCUT2D eigenvalue weighted by atomic mass is 10.2. The molecule has 1 aromatic heterocycles. The number of rotatable bonds is 7. The van der Waals surface area contributed by atoms with E-state index < -0.39 is 0 Å². The van der Waals surface area contributed by atoms with Gasteiger partial charge in [0.2, 0.25) is 0 Å². The van der Waals surface area contributed by atoms with Crippen molar-refractivity contribution in [1.29, 1.82) is 0 Å². The Balaban J connectivity index is 2.33. The Bertz CT molecular complexity index is 350. The average Bonchev–Trinajstić information content (AvgIpc) is 2.57. The van der Waals surface area contributed by atoms with Crippen molar-refractivity contribution in [3.05, 3.63) is 19.2 Å². The number of carbonyl (C=O) groups is 1. The molecule has 0 atom stereocenters. The minimum Gasteiger partial charge on any atom is -0.373 e. The van der Waals surface area contributed by atoms with E-state index >= 15 is 0 Å². The number of ether oxygens (including phenoxy) is 1. The van der Waals surface area contributed by atoms with Crippen LogP contribution in [-0.4, -0.2) is 19.0 Å². The molecule has 0 amide bonds. The Morgan fingerprint density at radius 2 is 2.19 bits per heavy atom. The van der Waals surface area contributed by atoms with Crippen molar-refractivity contribution in [2.45, 2.75) is 26.2 Å². The highest BCUT2D eigenvalue weighted by Crippen LogP contribution is 2.32. The molecule has 0 aromatic carbocycles. The van der Waals surface area contributed by atoms with Crippen LogP contribution in [0.3, 0.4) is 0 Å². The zero-order chi connectivity index (χ0) is 12.0. The predicted octanol–water partition coefficient (Wildman–Crippen LogP) is 4.66. The van der Waals surface area contributed by atoms with Gasteiger partial charge in [-0.15, -0.1) is 11.3 Å². The summed E-state index contributed by atoms with van der Waals surface area (Å²) in [5, 5.41) is 0. The maximum atomic E-state index is 11.7. The Hall–Kier alpha value is 0.290. The van der Waals surface area contributed by atoms with E-state index in [2.05, 4.69) is 38.8 Å². The molecule has 90 valence electrons. The first kappa shape index (κ1) is 14.4. The van der Waals surface area contributed by atoms with Gasteiger partial charge < -0.3 is 4.74 Å². The number of Topliss-reactive ketones (excluding diaryl/α,β-unsaturated/α-hetero) is 1. The third kappa shape index (κ3) is 4.65. The molecule has 0 saturated carbocycles. The molecule has 0 aliphatic carbocycles. The number of unbranched alkanes of at least 4 members (excludes halogenated alkanes) is 2.